The Kier molecular flexibility index (Phi) is 5.47. The van der Waals surface area contributed by atoms with Gasteiger partial charge in [-0.05, 0) is 29.0 Å². The van der Waals surface area contributed by atoms with Gasteiger partial charge in [-0.15, -0.1) is 22.7 Å². The molecule has 1 saturated heterocycles. The van der Waals surface area contributed by atoms with E-state index in [1.165, 1.54) is 26.3 Å². The Labute approximate surface area is 163 Å². The van der Waals surface area contributed by atoms with Crippen molar-refractivity contribution in [1.82, 2.24) is 0 Å². The van der Waals surface area contributed by atoms with Gasteiger partial charge in [0.2, 0.25) is 6.29 Å². The van der Waals surface area contributed by atoms with Crippen molar-refractivity contribution < 1.29 is 29.9 Å². The molecule has 4 N–H and O–H groups in total. The molecular formula is C19H20O6S2. The topological polar surface area (TPSA) is 99.4 Å². The van der Waals surface area contributed by atoms with Crippen molar-refractivity contribution >= 4 is 32.8 Å². The number of rotatable bonds is 5. The molecule has 0 radical (unpaired) electrons. The van der Waals surface area contributed by atoms with Crippen LogP contribution in [0.5, 0.6) is 5.75 Å². The molecule has 8 heteroatoms. The summed E-state index contributed by atoms with van der Waals surface area (Å²) in [5.41, 5.74) is 0. The van der Waals surface area contributed by atoms with E-state index in [0.717, 1.165) is 4.88 Å². The lowest BCUT2D eigenvalue weighted by atomic mass is 9.99. The third-order valence-corrected chi connectivity index (χ3v) is 6.63. The SMILES string of the molecule is OCC1OC(Oc2ccsc2Cc2cc3ccccc3s2)C(O)C(O)C1O. The second-order valence-corrected chi connectivity index (χ2v) is 8.62. The van der Waals surface area contributed by atoms with Crippen LogP contribution in [0.4, 0.5) is 0 Å². The lowest BCUT2D eigenvalue weighted by molar-refractivity contribution is -0.277. The van der Waals surface area contributed by atoms with E-state index in [2.05, 4.69) is 18.2 Å². The summed E-state index contributed by atoms with van der Waals surface area (Å²) in [6.07, 6.45) is -5.74. The largest absolute Gasteiger partial charge is 0.461 e. The Bertz CT molecular complexity index is 871. The van der Waals surface area contributed by atoms with E-state index in [1.807, 2.05) is 17.5 Å². The molecule has 6 nitrogen and oxygen atoms in total. The lowest BCUT2D eigenvalue weighted by Gasteiger charge is -2.39. The smallest absolute Gasteiger partial charge is 0.229 e. The average molecular weight is 408 g/mol. The quantitative estimate of drug-likeness (QED) is 0.513. The van der Waals surface area contributed by atoms with E-state index in [-0.39, 0.29) is 0 Å². The monoisotopic (exact) mass is 408 g/mol. The number of aliphatic hydroxyl groups excluding tert-OH is 4. The Hall–Kier alpha value is -1.52. The first-order chi connectivity index (χ1) is 13.1. The van der Waals surface area contributed by atoms with Gasteiger partial charge in [-0.2, -0.15) is 0 Å². The Morgan fingerprint density at radius 1 is 1.04 bits per heavy atom. The minimum atomic E-state index is -1.45. The summed E-state index contributed by atoms with van der Waals surface area (Å²) < 4.78 is 12.5. The van der Waals surface area contributed by atoms with Crippen LogP contribution in [0.25, 0.3) is 10.1 Å². The van der Waals surface area contributed by atoms with Gasteiger partial charge in [0.15, 0.2) is 0 Å². The van der Waals surface area contributed by atoms with Crippen LogP contribution in [-0.2, 0) is 11.2 Å². The molecule has 3 aromatic rings. The van der Waals surface area contributed by atoms with Crippen LogP contribution in [0.2, 0.25) is 0 Å². The molecule has 0 bridgehead atoms. The third kappa shape index (κ3) is 3.74. The maximum absolute atomic E-state index is 10.2. The highest BCUT2D eigenvalue weighted by atomic mass is 32.1. The maximum atomic E-state index is 10.2. The highest BCUT2D eigenvalue weighted by Gasteiger charge is 2.44. The van der Waals surface area contributed by atoms with Crippen LogP contribution in [-0.4, -0.2) is 57.7 Å². The van der Waals surface area contributed by atoms with Gasteiger partial charge in [0, 0.05) is 16.0 Å². The van der Waals surface area contributed by atoms with Gasteiger partial charge in [-0.25, -0.2) is 0 Å². The number of hydrogen-bond donors (Lipinski definition) is 4. The van der Waals surface area contributed by atoms with Gasteiger partial charge < -0.3 is 29.9 Å². The number of ether oxygens (including phenoxy) is 2. The van der Waals surface area contributed by atoms with E-state index >= 15 is 0 Å². The molecule has 3 heterocycles. The second kappa shape index (κ2) is 7.84. The average Bonchev–Trinajstić information content (AvgIpc) is 3.28. The van der Waals surface area contributed by atoms with Crippen LogP contribution in [0.15, 0.2) is 41.8 Å². The Morgan fingerprint density at radius 2 is 1.85 bits per heavy atom. The molecule has 0 saturated carbocycles. The van der Waals surface area contributed by atoms with Crippen LogP contribution >= 0.6 is 22.7 Å². The number of hydrogen-bond acceptors (Lipinski definition) is 8. The molecule has 1 aliphatic heterocycles. The van der Waals surface area contributed by atoms with Crippen LogP contribution in [0.1, 0.15) is 9.75 Å². The van der Waals surface area contributed by atoms with Gasteiger partial charge in [-0.1, -0.05) is 18.2 Å². The predicted molar refractivity (Wildman–Crippen MR) is 103 cm³/mol. The summed E-state index contributed by atoms with van der Waals surface area (Å²) in [6.45, 7) is -0.483. The molecule has 27 heavy (non-hydrogen) atoms. The van der Waals surface area contributed by atoms with Gasteiger partial charge in [0.25, 0.3) is 0 Å². The van der Waals surface area contributed by atoms with Crippen molar-refractivity contribution in [3.05, 3.63) is 51.5 Å². The first-order valence-electron chi connectivity index (χ1n) is 8.58. The molecule has 5 unspecified atom stereocenters. The zero-order valence-corrected chi connectivity index (χ0v) is 15.9. The Morgan fingerprint density at radius 3 is 2.63 bits per heavy atom. The molecular weight excluding hydrogens is 388 g/mol. The molecule has 1 aliphatic rings. The molecule has 0 aliphatic carbocycles. The molecule has 1 fully saturated rings. The summed E-state index contributed by atoms with van der Waals surface area (Å²) in [7, 11) is 0. The van der Waals surface area contributed by atoms with E-state index in [0.29, 0.717) is 12.2 Å². The highest BCUT2D eigenvalue weighted by Crippen LogP contribution is 2.34. The number of thiophene rings is 2. The molecule has 5 atom stereocenters. The van der Waals surface area contributed by atoms with Gasteiger partial charge in [-0.3, -0.25) is 0 Å². The van der Waals surface area contributed by atoms with E-state index in [1.54, 1.807) is 17.4 Å². The van der Waals surface area contributed by atoms with E-state index < -0.39 is 37.3 Å². The summed E-state index contributed by atoms with van der Waals surface area (Å²) in [5.74, 6) is 0.557. The summed E-state index contributed by atoms with van der Waals surface area (Å²) in [5, 5.41) is 42.3. The molecule has 1 aromatic carbocycles. The number of fused-ring (bicyclic) bond motifs is 1. The minimum absolute atomic E-state index is 0.483. The number of benzene rings is 1. The first kappa shape index (κ1) is 18.8. The lowest BCUT2D eigenvalue weighted by Crippen LogP contribution is -2.60. The minimum Gasteiger partial charge on any atom is -0.461 e. The summed E-state index contributed by atoms with van der Waals surface area (Å²) in [4.78, 5) is 2.16. The van der Waals surface area contributed by atoms with E-state index in [4.69, 9.17) is 9.47 Å². The van der Waals surface area contributed by atoms with Gasteiger partial charge in [0.1, 0.15) is 30.2 Å². The normalized spacial score (nSPS) is 28.5. The standard InChI is InChI=1S/C19H20O6S2/c20-9-13-16(21)17(22)18(23)19(25-13)24-12-5-6-26-15(12)8-11-7-10-3-1-2-4-14(10)27-11/h1-7,13,16-23H,8-9H2. The van der Waals surface area contributed by atoms with Crippen molar-refractivity contribution in [2.75, 3.05) is 6.61 Å². The van der Waals surface area contributed by atoms with Crippen LogP contribution in [0, 0.1) is 0 Å². The second-order valence-electron chi connectivity index (χ2n) is 6.45. The summed E-state index contributed by atoms with van der Waals surface area (Å²) in [6, 6.07) is 12.1. The predicted octanol–water partition coefficient (Wildman–Crippen LogP) is 1.73. The van der Waals surface area contributed by atoms with E-state index in [9.17, 15) is 20.4 Å². The van der Waals surface area contributed by atoms with Gasteiger partial charge in [0.05, 0.1) is 11.5 Å². The van der Waals surface area contributed by atoms with Crippen LogP contribution < -0.4 is 4.74 Å². The molecule has 0 amide bonds. The fraction of sp³-hybridized carbons (Fsp3) is 0.368. The highest BCUT2D eigenvalue weighted by molar-refractivity contribution is 7.19. The van der Waals surface area contributed by atoms with Crippen molar-refractivity contribution in [2.24, 2.45) is 0 Å². The third-order valence-electron chi connectivity index (χ3n) is 4.61. The molecule has 4 rings (SSSR count). The molecule has 144 valence electrons. The Balaban J connectivity index is 1.51. The fourth-order valence-corrected chi connectivity index (χ4v) is 5.13. The molecule has 2 aromatic heterocycles. The zero-order valence-electron chi connectivity index (χ0n) is 14.3. The van der Waals surface area contributed by atoms with Crippen molar-refractivity contribution in [1.29, 1.82) is 0 Å². The summed E-state index contributed by atoms with van der Waals surface area (Å²) >= 11 is 3.26. The first-order valence-corrected chi connectivity index (χ1v) is 10.3. The maximum Gasteiger partial charge on any atom is 0.229 e. The van der Waals surface area contributed by atoms with Crippen molar-refractivity contribution in [2.45, 2.75) is 37.1 Å². The van der Waals surface area contributed by atoms with Crippen molar-refractivity contribution in [3.63, 3.8) is 0 Å². The van der Waals surface area contributed by atoms with Crippen LogP contribution in [0.3, 0.4) is 0 Å². The fourth-order valence-electron chi connectivity index (χ4n) is 3.13. The van der Waals surface area contributed by atoms with Crippen molar-refractivity contribution in [3.8, 4) is 5.75 Å². The molecule has 0 spiro atoms. The van der Waals surface area contributed by atoms with Gasteiger partial charge >= 0.3 is 0 Å². The zero-order chi connectivity index (χ0) is 19.0. The number of aliphatic hydroxyl groups is 4.